The van der Waals surface area contributed by atoms with Crippen LogP contribution in [0.4, 0.5) is 0 Å². The van der Waals surface area contributed by atoms with Crippen molar-refractivity contribution in [2.24, 2.45) is 0 Å². The van der Waals surface area contributed by atoms with Crippen LogP contribution in [0.15, 0.2) is 48.5 Å². The molecule has 7 heteroatoms. The van der Waals surface area contributed by atoms with Crippen molar-refractivity contribution in [3.8, 4) is 5.75 Å². The van der Waals surface area contributed by atoms with Crippen molar-refractivity contribution in [1.82, 2.24) is 15.1 Å². The summed E-state index contributed by atoms with van der Waals surface area (Å²) >= 11 is 0. The number of nitrogens with zero attached hydrogens (tertiary/aromatic N) is 2. The fourth-order valence-corrected chi connectivity index (χ4v) is 3.42. The van der Waals surface area contributed by atoms with Crippen LogP contribution in [-0.4, -0.2) is 67.4 Å². The first-order chi connectivity index (χ1) is 14.5. The number of benzene rings is 2. The smallest absolute Gasteiger partial charge is 0.257 e. The number of aryl methyl sites for hydroxylation is 1. The number of hydrogen-bond acceptors (Lipinski definition) is 5. The van der Waals surface area contributed by atoms with Crippen molar-refractivity contribution < 1.29 is 19.1 Å². The Morgan fingerprint density at radius 1 is 0.967 bits per heavy atom. The molecule has 7 nitrogen and oxygen atoms in total. The molecule has 0 bridgehead atoms. The van der Waals surface area contributed by atoms with E-state index in [0.717, 1.165) is 11.1 Å². The summed E-state index contributed by atoms with van der Waals surface area (Å²) in [4.78, 5) is 40.8. The molecule has 0 radical (unpaired) electrons. The van der Waals surface area contributed by atoms with E-state index in [4.69, 9.17) is 4.74 Å². The highest BCUT2D eigenvalue weighted by atomic mass is 16.5. The minimum absolute atomic E-state index is 0.100. The van der Waals surface area contributed by atoms with E-state index in [9.17, 15) is 14.4 Å². The van der Waals surface area contributed by atoms with Crippen molar-refractivity contribution in [3.05, 3.63) is 65.2 Å². The summed E-state index contributed by atoms with van der Waals surface area (Å²) in [6.07, 6.45) is 0.392. The van der Waals surface area contributed by atoms with Gasteiger partial charge in [-0.1, -0.05) is 24.3 Å². The van der Waals surface area contributed by atoms with Gasteiger partial charge in [0, 0.05) is 31.7 Å². The number of ether oxygens (including phenoxy) is 1. The molecule has 2 aromatic carbocycles. The zero-order valence-electron chi connectivity index (χ0n) is 17.4. The quantitative estimate of drug-likeness (QED) is 0.785. The van der Waals surface area contributed by atoms with Crippen LogP contribution < -0.4 is 10.1 Å². The topological polar surface area (TPSA) is 79.0 Å². The second kappa shape index (κ2) is 10.0. The Balaban J connectivity index is 1.43. The summed E-state index contributed by atoms with van der Waals surface area (Å²) in [5, 5.41) is 2.41. The fraction of sp³-hybridized carbons (Fsp3) is 0.348. The van der Waals surface area contributed by atoms with E-state index >= 15 is 0 Å². The predicted molar refractivity (Wildman–Crippen MR) is 113 cm³/mol. The van der Waals surface area contributed by atoms with E-state index in [1.807, 2.05) is 41.0 Å². The first-order valence-electron chi connectivity index (χ1n) is 9.99. The highest BCUT2D eigenvalue weighted by Crippen LogP contribution is 2.12. The molecule has 1 fully saturated rings. The van der Waals surface area contributed by atoms with Gasteiger partial charge in [-0.2, -0.15) is 0 Å². The number of carbonyl (C=O) groups is 3. The number of hydrogen-bond donors (Lipinski definition) is 1. The Kier molecular flexibility index (Phi) is 7.19. The van der Waals surface area contributed by atoms with Crippen LogP contribution in [0, 0.1) is 6.92 Å². The lowest BCUT2D eigenvalue weighted by molar-refractivity contribution is -0.132. The monoisotopic (exact) mass is 409 g/mol. The van der Waals surface area contributed by atoms with Gasteiger partial charge in [0.25, 0.3) is 5.91 Å². The third-order valence-electron chi connectivity index (χ3n) is 5.30. The maximum absolute atomic E-state index is 12.6. The Bertz CT molecular complexity index is 903. The molecule has 0 aliphatic carbocycles. The SMILES string of the molecule is COc1ccc(C(=O)NC(=O)CN2CCN(C(=O)Cc3ccccc3C)CC2)cc1. The van der Waals surface area contributed by atoms with E-state index in [2.05, 4.69) is 5.32 Å². The lowest BCUT2D eigenvalue weighted by Gasteiger charge is -2.34. The highest BCUT2D eigenvalue weighted by Gasteiger charge is 2.23. The molecule has 0 spiro atoms. The van der Waals surface area contributed by atoms with Crippen molar-refractivity contribution in [3.63, 3.8) is 0 Å². The summed E-state index contributed by atoms with van der Waals surface area (Å²) in [7, 11) is 1.55. The number of carbonyl (C=O) groups excluding carboxylic acids is 3. The minimum atomic E-state index is -0.435. The van der Waals surface area contributed by atoms with Crippen molar-refractivity contribution >= 4 is 17.7 Å². The van der Waals surface area contributed by atoms with E-state index < -0.39 is 5.91 Å². The standard InChI is InChI=1S/C23H27N3O4/c1-17-5-3-4-6-19(17)15-22(28)26-13-11-25(12-14-26)16-21(27)24-23(29)18-7-9-20(30-2)10-8-18/h3-10H,11-16H2,1-2H3,(H,24,27,29). The first-order valence-corrected chi connectivity index (χ1v) is 9.99. The highest BCUT2D eigenvalue weighted by molar-refractivity contribution is 6.05. The Labute approximate surface area is 176 Å². The number of imide groups is 1. The summed E-state index contributed by atoms with van der Waals surface area (Å²) in [5.74, 6) is -0.0407. The molecular weight excluding hydrogens is 382 g/mol. The van der Waals surface area contributed by atoms with Crippen molar-refractivity contribution in [2.45, 2.75) is 13.3 Å². The molecule has 158 valence electrons. The average Bonchev–Trinajstić information content (AvgIpc) is 2.75. The minimum Gasteiger partial charge on any atom is -0.497 e. The Morgan fingerprint density at radius 2 is 1.63 bits per heavy atom. The van der Waals surface area contributed by atoms with E-state index in [0.29, 0.717) is 43.9 Å². The summed E-state index contributed by atoms with van der Waals surface area (Å²) in [6.45, 7) is 4.48. The first kappa shape index (κ1) is 21.5. The average molecular weight is 409 g/mol. The molecule has 2 aromatic rings. The molecule has 0 saturated carbocycles. The molecule has 0 unspecified atom stereocenters. The van der Waals surface area contributed by atoms with Gasteiger partial charge < -0.3 is 9.64 Å². The fourth-order valence-electron chi connectivity index (χ4n) is 3.42. The van der Waals surface area contributed by atoms with Crippen LogP contribution in [0.3, 0.4) is 0 Å². The van der Waals surface area contributed by atoms with Gasteiger partial charge in [-0.15, -0.1) is 0 Å². The molecule has 1 aliphatic rings. The number of rotatable bonds is 6. The van der Waals surface area contributed by atoms with Gasteiger partial charge in [0.2, 0.25) is 11.8 Å². The van der Waals surface area contributed by atoms with Crippen molar-refractivity contribution in [2.75, 3.05) is 39.8 Å². The van der Waals surface area contributed by atoms with Gasteiger partial charge in [0.05, 0.1) is 20.1 Å². The zero-order valence-corrected chi connectivity index (χ0v) is 17.4. The maximum atomic E-state index is 12.6. The number of nitrogens with one attached hydrogen (secondary N) is 1. The zero-order chi connectivity index (χ0) is 21.5. The molecule has 1 aliphatic heterocycles. The van der Waals surface area contributed by atoms with Crippen LogP contribution in [-0.2, 0) is 16.0 Å². The van der Waals surface area contributed by atoms with E-state index in [1.165, 1.54) is 0 Å². The lowest BCUT2D eigenvalue weighted by Crippen LogP contribution is -2.51. The van der Waals surface area contributed by atoms with Gasteiger partial charge >= 0.3 is 0 Å². The van der Waals surface area contributed by atoms with E-state index in [-0.39, 0.29) is 18.4 Å². The third-order valence-corrected chi connectivity index (χ3v) is 5.30. The maximum Gasteiger partial charge on any atom is 0.257 e. The molecule has 0 atom stereocenters. The lowest BCUT2D eigenvalue weighted by atomic mass is 10.1. The largest absolute Gasteiger partial charge is 0.497 e. The molecule has 1 N–H and O–H groups in total. The Morgan fingerprint density at radius 3 is 2.27 bits per heavy atom. The summed E-state index contributed by atoms with van der Waals surface area (Å²) in [6, 6.07) is 14.5. The van der Waals surface area contributed by atoms with Crippen molar-refractivity contribution in [1.29, 1.82) is 0 Å². The second-order valence-corrected chi connectivity index (χ2v) is 7.37. The molecule has 30 heavy (non-hydrogen) atoms. The summed E-state index contributed by atoms with van der Waals surface area (Å²) in [5.41, 5.74) is 2.56. The number of amides is 3. The molecule has 0 aromatic heterocycles. The summed E-state index contributed by atoms with van der Waals surface area (Å²) < 4.78 is 5.06. The van der Waals surface area contributed by atoms with Gasteiger partial charge in [-0.3, -0.25) is 24.6 Å². The van der Waals surface area contributed by atoms with Gasteiger partial charge in [0.15, 0.2) is 0 Å². The number of piperazine rings is 1. The molecular formula is C23H27N3O4. The van der Waals surface area contributed by atoms with Crippen LogP contribution >= 0.6 is 0 Å². The second-order valence-electron chi connectivity index (χ2n) is 7.37. The number of methoxy groups -OCH3 is 1. The molecule has 1 saturated heterocycles. The van der Waals surface area contributed by atoms with Crippen LogP contribution in [0.2, 0.25) is 0 Å². The van der Waals surface area contributed by atoms with Crippen LogP contribution in [0.5, 0.6) is 5.75 Å². The predicted octanol–water partition coefficient (Wildman–Crippen LogP) is 1.65. The molecule has 3 amide bonds. The third kappa shape index (κ3) is 5.67. The Hall–Kier alpha value is -3.19. The van der Waals surface area contributed by atoms with Gasteiger partial charge in [-0.05, 0) is 42.3 Å². The normalized spacial score (nSPS) is 14.3. The van der Waals surface area contributed by atoms with Gasteiger partial charge in [-0.25, -0.2) is 0 Å². The molecule has 1 heterocycles. The van der Waals surface area contributed by atoms with Crippen LogP contribution in [0.1, 0.15) is 21.5 Å². The van der Waals surface area contributed by atoms with Crippen LogP contribution in [0.25, 0.3) is 0 Å². The molecule has 3 rings (SSSR count). The van der Waals surface area contributed by atoms with Gasteiger partial charge in [0.1, 0.15) is 5.75 Å². The van der Waals surface area contributed by atoms with E-state index in [1.54, 1.807) is 31.4 Å².